The highest BCUT2D eigenvalue weighted by Gasteiger charge is 2.07. The first-order valence-electron chi connectivity index (χ1n) is 4.91. The van der Waals surface area contributed by atoms with Gasteiger partial charge < -0.3 is 10.4 Å². The molecule has 6 nitrogen and oxygen atoms in total. The summed E-state index contributed by atoms with van der Waals surface area (Å²) in [5.74, 6) is -0.526. The van der Waals surface area contributed by atoms with E-state index >= 15 is 0 Å². The number of carboxylic acid groups (broad SMARTS) is 1. The summed E-state index contributed by atoms with van der Waals surface area (Å²) >= 11 is 0. The van der Waals surface area contributed by atoms with Crippen LogP contribution in [0.2, 0.25) is 0 Å². The molecule has 2 aromatic heterocycles. The molecule has 6 heteroatoms. The summed E-state index contributed by atoms with van der Waals surface area (Å²) < 4.78 is 0. The van der Waals surface area contributed by atoms with E-state index in [0.717, 1.165) is 0 Å². The van der Waals surface area contributed by atoms with Crippen molar-refractivity contribution in [3.63, 3.8) is 0 Å². The number of nitrogens with one attached hydrogen (secondary N) is 1. The molecule has 0 atom stereocenters. The maximum Gasteiger partial charge on any atom is 0.335 e. The van der Waals surface area contributed by atoms with E-state index in [-0.39, 0.29) is 5.56 Å². The molecule has 0 aromatic carbocycles. The molecular formula is C11H10N4O2. The Labute approximate surface area is 97.4 Å². The van der Waals surface area contributed by atoms with Crippen LogP contribution >= 0.6 is 0 Å². The maximum atomic E-state index is 10.8. The van der Waals surface area contributed by atoms with Crippen molar-refractivity contribution in [2.24, 2.45) is 0 Å². The van der Waals surface area contributed by atoms with E-state index in [1.807, 2.05) is 0 Å². The van der Waals surface area contributed by atoms with E-state index in [2.05, 4.69) is 20.3 Å². The number of hydrogen-bond acceptors (Lipinski definition) is 5. The molecule has 2 aromatic rings. The van der Waals surface area contributed by atoms with E-state index in [9.17, 15) is 4.79 Å². The zero-order chi connectivity index (χ0) is 12.3. The van der Waals surface area contributed by atoms with Crippen LogP contribution in [-0.4, -0.2) is 33.1 Å². The Balaban J connectivity index is 2.45. The SMILES string of the molecule is CNc1nccc(-c2cc(C(=O)O)ccn2)n1. The van der Waals surface area contributed by atoms with E-state index in [1.165, 1.54) is 18.3 Å². The second-order valence-electron chi connectivity index (χ2n) is 3.25. The molecule has 0 radical (unpaired) electrons. The van der Waals surface area contributed by atoms with Gasteiger partial charge in [0.25, 0.3) is 0 Å². The van der Waals surface area contributed by atoms with Crippen molar-refractivity contribution in [3.8, 4) is 11.4 Å². The predicted molar refractivity (Wildman–Crippen MR) is 61.8 cm³/mol. The zero-order valence-electron chi connectivity index (χ0n) is 9.08. The van der Waals surface area contributed by atoms with Gasteiger partial charge in [0.05, 0.1) is 17.0 Å². The molecule has 0 aliphatic heterocycles. The molecule has 0 aliphatic rings. The standard InChI is InChI=1S/C11H10N4O2/c1-12-11-14-5-3-8(15-11)9-6-7(10(16)17)2-4-13-9/h2-6H,1H3,(H,16,17)(H,12,14,15). The topological polar surface area (TPSA) is 88.0 Å². The van der Waals surface area contributed by atoms with Crippen LogP contribution in [0, 0.1) is 0 Å². The normalized spacial score (nSPS) is 9.94. The van der Waals surface area contributed by atoms with Crippen LogP contribution < -0.4 is 5.32 Å². The number of aromatic nitrogens is 3. The van der Waals surface area contributed by atoms with Gasteiger partial charge in [-0.05, 0) is 18.2 Å². The average molecular weight is 230 g/mol. The number of hydrogen-bond donors (Lipinski definition) is 2. The van der Waals surface area contributed by atoms with Gasteiger partial charge in [-0.15, -0.1) is 0 Å². The Hall–Kier alpha value is -2.50. The lowest BCUT2D eigenvalue weighted by Gasteiger charge is -2.03. The highest BCUT2D eigenvalue weighted by Crippen LogP contribution is 2.16. The quantitative estimate of drug-likeness (QED) is 0.825. The van der Waals surface area contributed by atoms with Gasteiger partial charge in [0, 0.05) is 19.4 Å². The monoisotopic (exact) mass is 230 g/mol. The van der Waals surface area contributed by atoms with Crippen molar-refractivity contribution in [1.29, 1.82) is 0 Å². The molecule has 0 saturated heterocycles. The zero-order valence-corrected chi connectivity index (χ0v) is 9.08. The summed E-state index contributed by atoms with van der Waals surface area (Å²) in [6.07, 6.45) is 3.03. The number of carboxylic acids is 1. The van der Waals surface area contributed by atoms with Crippen molar-refractivity contribution in [2.45, 2.75) is 0 Å². The molecule has 2 rings (SSSR count). The fraction of sp³-hybridized carbons (Fsp3) is 0.0909. The Morgan fingerprint density at radius 2 is 2.00 bits per heavy atom. The summed E-state index contributed by atoms with van der Waals surface area (Å²) in [5, 5.41) is 11.7. The minimum atomic E-state index is -0.989. The molecule has 0 bridgehead atoms. The van der Waals surface area contributed by atoms with Gasteiger partial charge in [0.2, 0.25) is 5.95 Å². The number of carbonyl (C=O) groups is 1. The van der Waals surface area contributed by atoms with Gasteiger partial charge in [-0.1, -0.05) is 0 Å². The minimum Gasteiger partial charge on any atom is -0.478 e. The number of aromatic carboxylic acids is 1. The minimum absolute atomic E-state index is 0.180. The molecule has 2 heterocycles. The first-order chi connectivity index (χ1) is 8.20. The van der Waals surface area contributed by atoms with Crippen LogP contribution in [0.4, 0.5) is 5.95 Å². The summed E-state index contributed by atoms with van der Waals surface area (Å²) in [6.45, 7) is 0. The predicted octanol–water partition coefficient (Wildman–Crippen LogP) is 1.28. The van der Waals surface area contributed by atoms with E-state index in [0.29, 0.717) is 17.3 Å². The Morgan fingerprint density at radius 1 is 1.24 bits per heavy atom. The molecule has 17 heavy (non-hydrogen) atoms. The second-order valence-corrected chi connectivity index (χ2v) is 3.25. The largest absolute Gasteiger partial charge is 0.478 e. The third-order valence-corrected chi connectivity index (χ3v) is 2.15. The van der Waals surface area contributed by atoms with Gasteiger partial charge in [0.15, 0.2) is 0 Å². The van der Waals surface area contributed by atoms with Crippen LogP contribution in [0.25, 0.3) is 11.4 Å². The van der Waals surface area contributed by atoms with Crippen LogP contribution in [0.3, 0.4) is 0 Å². The fourth-order valence-corrected chi connectivity index (χ4v) is 1.33. The molecule has 0 aliphatic carbocycles. The van der Waals surface area contributed by atoms with Crippen LogP contribution in [-0.2, 0) is 0 Å². The lowest BCUT2D eigenvalue weighted by molar-refractivity contribution is 0.0697. The molecule has 0 saturated carbocycles. The summed E-state index contributed by atoms with van der Waals surface area (Å²) in [6, 6.07) is 4.59. The third kappa shape index (κ3) is 2.36. The van der Waals surface area contributed by atoms with Crippen LogP contribution in [0.1, 0.15) is 10.4 Å². The first-order valence-corrected chi connectivity index (χ1v) is 4.91. The summed E-state index contributed by atoms with van der Waals surface area (Å²) in [7, 11) is 1.71. The molecular weight excluding hydrogens is 220 g/mol. The number of pyridine rings is 1. The van der Waals surface area contributed by atoms with Gasteiger partial charge in [-0.25, -0.2) is 14.8 Å². The first kappa shape index (κ1) is 11.0. The molecule has 86 valence electrons. The maximum absolute atomic E-state index is 10.8. The second kappa shape index (κ2) is 4.56. The van der Waals surface area contributed by atoms with Gasteiger partial charge in [0.1, 0.15) is 0 Å². The molecule has 2 N–H and O–H groups in total. The van der Waals surface area contributed by atoms with E-state index < -0.39 is 5.97 Å². The number of rotatable bonds is 3. The van der Waals surface area contributed by atoms with Crippen molar-refractivity contribution in [1.82, 2.24) is 15.0 Å². The molecule has 0 amide bonds. The van der Waals surface area contributed by atoms with E-state index in [4.69, 9.17) is 5.11 Å². The molecule has 0 spiro atoms. The van der Waals surface area contributed by atoms with Crippen LogP contribution in [0.5, 0.6) is 0 Å². The molecule has 0 fully saturated rings. The van der Waals surface area contributed by atoms with Gasteiger partial charge in [-0.2, -0.15) is 0 Å². The van der Waals surface area contributed by atoms with Crippen molar-refractivity contribution in [3.05, 3.63) is 36.2 Å². The smallest absolute Gasteiger partial charge is 0.335 e. The Morgan fingerprint density at radius 3 is 2.71 bits per heavy atom. The van der Waals surface area contributed by atoms with Crippen molar-refractivity contribution in [2.75, 3.05) is 12.4 Å². The number of anilines is 1. The highest BCUT2D eigenvalue weighted by molar-refractivity contribution is 5.88. The van der Waals surface area contributed by atoms with Crippen LogP contribution in [0.15, 0.2) is 30.6 Å². The van der Waals surface area contributed by atoms with E-state index in [1.54, 1.807) is 19.3 Å². The molecule has 0 unspecified atom stereocenters. The van der Waals surface area contributed by atoms with Crippen molar-refractivity contribution < 1.29 is 9.90 Å². The lowest BCUT2D eigenvalue weighted by atomic mass is 10.2. The lowest BCUT2D eigenvalue weighted by Crippen LogP contribution is -2.00. The summed E-state index contributed by atoms with van der Waals surface area (Å²) in [5.41, 5.74) is 1.26. The summed E-state index contributed by atoms with van der Waals surface area (Å²) in [4.78, 5) is 23.1. The number of nitrogens with zero attached hydrogens (tertiary/aromatic N) is 3. The fourth-order valence-electron chi connectivity index (χ4n) is 1.33. The third-order valence-electron chi connectivity index (χ3n) is 2.15. The Bertz CT molecular complexity index is 557. The highest BCUT2D eigenvalue weighted by atomic mass is 16.4. The van der Waals surface area contributed by atoms with Gasteiger partial charge >= 0.3 is 5.97 Å². The van der Waals surface area contributed by atoms with Gasteiger partial charge in [-0.3, -0.25) is 4.98 Å². The average Bonchev–Trinajstić information content (AvgIpc) is 2.39. The Kier molecular flexibility index (Phi) is 2.95. The van der Waals surface area contributed by atoms with Crippen molar-refractivity contribution >= 4 is 11.9 Å².